The Balaban J connectivity index is 2.14. The minimum Gasteiger partial charge on any atom is -0.459 e. The zero-order chi connectivity index (χ0) is 12.8. The Morgan fingerprint density at radius 3 is 2.61 bits per heavy atom. The van der Waals surface area contributed by atoms with Crippen molar-refractivity contribution in [2.75, 3.05) is 6.54 Å². The second-order valence-electron chi connectivity index (χ2n) is 3.78. The Morgan fingerprint density at radius 2 is 2.00 bits per heavy atom. The van der Waals surface area contributed by atoms with Crippen molar-refractivity contribution >= 4 is 5.91 Å². The van der Waals surface area contributed by atoms with Crippen LogP contribution in [-0.2, 0) is 6.54 Å². The van der Waals surface area contributed by atoms with Crippen LogP contribution in [0.3, 0.4) is 0 Å². The molecule has 0 radical (unpaired) electrons. The highest BCUT2D eigenvalue weighted by Crippen LogP contribution is 2.10. The van der Waals surface area contributed by atoms with Crippen LogP contribution in [0, 0.1) is 11.3 Å². The fourth-order valence-corrected chi connectivity index (χ4v) is 1.64. The van der Waals surface area contributed by atoms with E-state index in [1.807, 2.05) is 36.4 Å². The van der Waals surface area contributed by atoms with Crippen LogP contribution in [-0.4, -0.2) is 17.4 Å². The molecule has 0 atom stereocenters. The summed E-state index contributed by atoms with van der Waals surface area (Å²) in [6, 6.07) is 14.8. The van der Waals surface area contributed by atoms with Gasteiger partial charge in [0, 0.05) is 6.54 Å². The molecule has 4 heteroatoms. The first-order valence-electron chi connectivity index (χ1n) is 5.55. The van der Waals surface area contributed by atoms with E-state index < -0.39 is 0 Å². The Kier molecular flexibility index (Phi) is 3.77. The van der Waals surface area contributed by atoms with Gasteiger partial charge in [-0.2, -0.15) is 5.26 Å². The van der Waals surface area contributed by atoms with Gasteiger partial charge in [0.25, 0.3) is 5.91 Å². The molecule has 1 aromatic carbocycles. The van der Waals surface area contributed by atoms with Gasteiger partial charge in [0.15, 0.2) is 5.76 Å². The van der Waals surface area contributed by atoms with Gasteiger partial charge in [0.1, 0.15) is 6.54 Å². The molecule has 1 aromatic heterocycles. The van der Waals surface area contributed by atoms with Crippen molar-refractivity contribution in [2.45, 2.75) is 6.54 Å². The van der Waals surface area contributed by atoms with Crippen molar-refractivity contribution in [2.24, 2.45) is 0 Å². The highest BCUT2D eigenvalue weighted by atomic mass is 16.3. The quantitative estimate of drug-likeness (QED) is 0.771. The Morgan fingerprint density at radius 1 is 1.22 bits per heavy atom. The fraction of sp³-hybridized carbons (Fsp3) is 0.143. The second-order valence-corrected chi connectivity index (χ2v) is 3.78. The molecule has 2 rings (SSSR count). The van der Waals surface area contributed by atoms with Crippen molar-refractivity contribution in [1.82, 2.24) is 4.90 Å². The maximum Gasteiger partial charge on any atom is 0.290 e. The van der Waals surface area contributed by atoms with Gasteiger partial charge in [0.2, 0.25) is 0 Å². The summed E-state index contributed by atoms with van der Waals surface area (Å²) >= 11 is 0. The van der Waals surface area contributed by atoms with Crippen molar-refractivity contribution in [3.63, 3.8) is 0 Å². The molecule has 0 fully saturated rings. The van der Waals surface area contributed by atoms with Crippen LogP contribution in [0.4, 0.5) is 0 Å². The smallest absolute Gasteiger partial charge is 0.290 e. The van der Waals surface area contributed by atoms with Crippen molar-refractivity contribution < 1.29 is 9.21 Å². The molecule has 0 bridgehead atoms. The third-order valence-electron chi connectivity index (χ3n) is 2.50. The summed E-state index contributed by atoms with van der Waals surface area (Å²) in [5.41, 5.74) is 0.979. The molecule has 0 saturated carbocycles. The molecule has 1 heterocycles. The molecule has 0 aliphatic rings. The van der Waals surface area contributed by atoms with Gasteiger partial charge < -0.3 is 9.32 Å². The molecule has 0 aliphatic heterocycles. The number of amides is 1. The van der Waals surface area contributed by atoms with Crippen molar-refractivity contribution in [3.8, 4) is 6.07 Å². The SMILES string of the molecule is N#CCN(Cc1ccccc1)C(=O)c1ccco1. The predicted octanol–water partition coefficient (Wildman–Crippen LogP) is 2.45. The molecule has 90 valence electrons. The third kappa shape index (κ3) is 2.77. The molecular formula is C14H12N2O2. The highest BCUT2D eigenvalue weighted by molar-refractivity contribution is 5.91. The average Bonchev–Trinajstić information content (AvgIpc) is 2.92. The maximum absolute atomic E-state index is 12.1. The van der Waals surface area contributed by atoms with Gasteiger partial charge in [-0.1, -0.05) is 30.3 Å². The second kappa shape index (κ2) is 5.69. The summed E-state index contributed by atoms with van der Waals surface area (Å²) in [5, 5.41) is 8.79. The summed E-state index contributed by atoms with van der Waals surface area (Å²) in [6.45, 7) is 0.433. The van der Waals surface area contributed by atoms with Crippen LogP contribution in [0.5, 0.6) is 0 Å². The van der Waals surface area contributed by atoms with Gasteiger partial charge in [0.05, 0.1) is 12.3 Å². The normalized spacial score (nSPS) is 9.72. The third-order valence-corrected chi connectivity index (χ3v) is 2.50. The van der Waals surface area contributed by atoms with E-state index in [1.165, 1.54) is 11.2 Å². The van der Waals surface area contributed by atoms with E-state index in [1.54, 1.807) is 12.1 Å². The van der Waals surface area contributed by atoms with E-state index in [-0.39, 0.29) is 18.2 Å². The summed E-state index contributed by atoms with van der Waals surface area (Å²) in [7, 11) is 0. The predicted molar refractivity (Wildman–Crippen MR) is 65.5 cm³/mol. The van der Waals surface area contributed by atoms with Crippen LogP contribution < -0.4 is 0 Å². The standard InChI is InChI=1S/C14H12N2O2/c15-8-9-16(11-12-5-2-1-3-6-12)14(17)13-7-4-10-18-13/h1-7,10H,9,11H2. The molecule has 1 amide bonds. The van der Waals surface area contributed by atoms with Gasteiger partial charge >= 0.3 is 0 Å². The number of hydrogen-bond acceptors (Lipinski definition) is 3. The first kappa shape index (κ1) is 11.9. The first-order valence-corrected chi connectivity index (χ1v) is 5.55. The number of carbonyl (C=O) groups excluding carboxylic acids is 1. The molecule has 0 spiro atoms. The number of furan rings is 1. The van der Waals surface area contributed by atoms with Crippen LogP contribution in [0.2, 0.25) is 0 Å². The van der Waals surface area contributed by atoms with E-state index in [2.05, 4.69) is 0 Å². The summed E-state index contributed by atoms with van der Waals surface area (Å²) in [5.74, 6) is -0.0217. The first-order chi connectivity index (χ1) is 8.81. The van der Waals surface area contributed by atoms with E-state index in [9.17, 15) is 4.79 Å². The molecule has 4 nitrogen and oxygen atoms in total. The molecule has 0 saturated heterocycles. The highest BCUT2D eigenvalue weighted by Gasteiger charge is 2.17. The molecule has 18 heavy (non-hydrogen) atoms. The van der Waals surface area contributed by atoms with Gasteiger partial charge in [-0.3, -0.25) is 4.79 Å². The fourth-order valence-electron chi connectivity index (χ4n) is 1.64. The lowest BCUT2D eigenvalue weighted by atomic mass is 10.2. The van der Waals surface area contributed by atoms with Gasteiger partial charge in [-0.15, -0.1) is 0 Å². The largest absolute Gasteiger partial charge is 0.459 e. The lowest BCUT2D eigenvalue weighted by Crippen LogP contribution is -2.30. The number of benzene rings is 1. The van der Waals surface area contributed by atoms with Gasteiger partial charge in [-0.25, -0.2) is 0 Å². The van der Waals surface area contributed by atoms with E-state index in [0.29, 0.717) is 6.54 Å². The Bertz CT molecular complexity index is 541. The minimum atomic E-state index is -0.273. The summed E-state index contributed by atoms with van der Waals surface area (Å²) in [4.78, 5) is 13.5. The summed E-state index contributed by atoms with van der Waals surface area (Å²) < 4.78 is 5.06. The van der Waals surface area contributed by atoms with Gasteiger partial charge in [-0.05, 0) is 17.7 Å². The zero-order valence-electron chi connectivity index (χ0n) is 9.74. The average molecular weight is 240 g/mol. The van der Waals surface area contributed by atoms with Crippen molar-refractivity contribution in [3.05, 3.63) is 60.1 Å². The number of carbonyl (C=O) groups is 1. The number of nitrogens with zero attached hydrogens (tertiary/aromatic N) is 2. The molecule has 0 aliphatic carbocycles. The van der Waals surface area contributed by atoms with E-state index in [0.717, 1.165) is 5.56 Å². The molecule has 0 N–H and O–H groups in total. The van der Waals surface area contributed by atoms with Crippen molar-refractivity contribution in [1.29, 1.82) is 5.26 Å². The Labute approximate surface area is 105 Å². The van der Waals surface area contributed by atoms with Crippen LogP contribution in [0.25, 0.3) is 0 Å². The molecule has 2 aromatic rings. The molecular weight excluding hydrogens is 228 g/mol. The topological polar surface area (TPSA) is 57.2 Å². The number of hydrogen-bond donors (Lipinski definition) is 0. The zero-order valence-corrected chi connectivity index (χ0v) is 9.74. The minimum absolute atomic E-state index is 0.0361. The molecule has 0 unspecified atom stereocenters. The van der Waals surface area contributed by atoms with Crippen LogP contribution in [0.15, 0.2) is 53.1 Å². The Hall–Kier alpha value is -2.54. The van der Waals surface area contributed by atoms with Crippen LogP contribution in [0.1, 0.15) is 16.1 Å². The lowest BCUT2D eigenvalue weighted by Gasteiger charge is -2.18. The summed E-state index contributed by atoms with van der Waals surface area (Å²) in [6.07, 6.45) is 1.44. The monoisotopic (exact) mass is 240 g/mol. The number of rotatable bonds is 4. The van der Waals surface area contributed by atoms with E-state index >= 15 is 0 Å². The van der Waals surface area contributed by atoms with Crippen LogP contribution >= 0.6 is 0 Å². The number of nitriles is 1. The maximum atomic E-state index is 12.1. The lowest BCUT2D eigenvalue weighted by molar-refractivity contribution is 0.0733. The van der Waals surface area contributed by atoms with E-state index in [4.69, 9.17) is 9.68 Å².